The first-order valence-corrected chi connectivity index (χ1v) is 6.93. The Kier molecular flexibility index (Phi) is 5.31. The number of nitrogens with zero attached hydrogens (tertiary/aromatic N) is 1. The van der Waals surface area contributed by atoms with Gasteiger partial charge < -0.3 is 9.57 Å². The number of nitrogens with one attached hydrogen (secondary N) is 1. The average molecular weight is 367 g/mol. The van der Waals surface area contributed by atoms with E-state index in [1.54, 1.807) is 0 Å². The molecule has 2 aromatic rings. The first kappa shape index (κ1) is 15.8. The molecule has 0 atom stereocenters. The number of carbonyl (C=O) groups excluding carboxylic acids is 1. The summed E-state index contributed by atoms with van der Waals surface area (Å²) in [6, 6.07) is 13.1. The maximum absolute atomic E-state index is 11.5. The second kappa shape index (κ2) is 7.41. The van der Waals surface area contributed by atoms with Crippen molar-refractivity contribution in [3.8, 4) is 5.75 Å². The zero-order valence-electron chi connectivity index (χ0n) is 11.2. The molecule has 0 unspecified atom stereocenters. The van der Waals surface area contributed by atoms with E-state index in [0.717, 1.165) is 5.56 Å². The number of amides is 1. The molecular formula is C14H11BrN2O5. The average Bonchev–Trinajstić information content (AvgIpc) is 2.52. The second-order valence-electron chi connectivity index (χ2n) is 4.14. The van der Waals surface area contributed by atoms with Crippen LogP contribution in [0.5, 0.6) is 5.75 Å². The molecule has 2 rings (SSSR count). The van der Waals surface area contributed by atoms with E-state index in [4.69, 9.17) is 9.57 Å². The molecule has 1 N–H and O–H groups in total. The summed E-state index contributed by atoms with van der Waals surface area (Å²) < 4.78 is 5.29. The number of hydroxylamine groups is 1. The van der Waals surface area contributed by atoms with Gasteiger partial charge in [-0.05, 0) is 27.6 Å². The number of hydrogen-bond donors (Lipinski definition) is 1. The molecule has 0 heterocycles. The normalized spacial score (nSPS) is 9.86. The van der Waals surface area contributed by atoms with Crippen molar-refractivity contribution in [3.05, 3.63) is 68.7 Å². The molecule has 1 amide bonds. The van der Waals surface area contributed by atoms with Crippen LogP contribution in [0.4, 0.5) is 10.5 Å². The minimum Gasteiger partial charge on any atom is -0.443 e. The van der Waals surface area contributed by atoms with E-state index >= 15 is 0 Å². The highest BCUT2D eigenvalue weighted by Crippen LogP contribution is 2.28. The van der Waals surface area contributed by atoms with Crippen molar-refractivity contribution in [2.24, 2.45) is 0 Å². The van der Waals surface area contributed by atoms with Gasteiger partial charge in [0.25, 0.3) is 5.69 Å². The van der Waals surface area contributed by atoms with Crippen LogP contribution in [0.2, 0.25) is 0 Å². The largest absolute Gasteiger partial charge is 0.443 e. The van der Waals surface area contributed by atoms with Crippen molar-refractivity contribution >= 4 is 27.7 Å². The summed E-state index contributed by atoms with van der Waals surface area (Å²) in [4.78, 5) is 26.6. The van der Waals surface area contributed by atoms with Crippen molar-refractivity contribution in [3.63, 3.8) is 0 Å². The molecule has 0 bridgehead atoms. The van der Waals surface area contributed by atoms with E-state index in [2.05, 4.69) is 21.4 Å². The van der Waals surface area contributed by atoms with Gasteiger partial charge in [-0.3, -0.25) is 10.1 Å². The lowest BCUT2D eigenvalue weighted by Gasteiger charge is -2.09. The van der Waals surface area contributed by atoms with Crippen LogP contribution in [-0.2, 0) is 11.3 Å². The third-order valence-corrected chi connectivity index (χ3v) is 3.20. The van der Waals surface area contributed by atoms with E-state index in [9.17, 15) is 14.9 Å². The summed E-state index contributed by atoms with van der Waals surface area (Å²) in [5, 5.41) is 10.6. The van der Waals surface area contributed by atoms with Gasteiger partial charge in [-0.15, -0.1) is 0 Å². The Morgan fingerprint density at radius 2 is 1.95 bits per heavy atom. The Hall–Kier alpha value is -2.61. The van der Waals surface area contributed by atoms with Crippen LogP contribution in [0.15, 0.2) is 53.0 Å². The van der Waals surface area contributed by atoms with Gasteiger partial charge in [-0.1, -0.05) is 30.3 Å². The number of nitro groups is 1. The van der Waals surface area contributed by atoms with Gasteiger partial charge in [-0.2, -0.15) is 5.48 Å². The van der Waals surface area contributed by atoms with Gasteiger partial charge in [0, 0.05) is 12.1 Å². The van der Waals surface area contributed by atoms with Crippen LogP contribution < -0.4 is 10.3 Å². The smallest absolute Gasteiger partial charge is 0.440 e. The zero-order chi connectivity index (χ0) is 15.9. The van der Waals surface area contributed by atoms with E-state index < -0.39 is 11.0 Å². The van der Waals surface area contributed by atoms with Crippen LogP contribution in [0, 0.1) is 10.1 Å². The number of ether oxygens (including phenoxy) is 1. The Morgan fingerprint density at radius 3 is 2.59 bits per heavy atom. The second-order valence-corrected chi connectivity index (χ2v) is 4.99. The third kappa shape index (κ3) is 4.45. The zero-order valence-corrected chi connectivity index (χ0v) is 12.8. The van der Waals surface area contributed by atoms with Crippen LogP contribution in [0.25, 0.3) is 0 Å². The Morgan fingerprint density at radius 1 is 1.23 bits per heavy atom. The van der Waals surface area contributed by atoms with Gasteiger partial charge in [-0.25, -0.2) is 4.79 Å². The summed E-state index contributed by atoms with van der Waals surface area (Å²) in [6.45, 7) is 0.109. The fraction of sp³-hybridized carbons (Fsp3) is 0.0714. The molecule has 8 heteroatoms. The van der Waals surface area contributed by atoms with Gasteiger partial charge in [0.05, 0.1) is 9.40 Å². The van der Waals surface area contributed by atoms with Crippen molar-refractivity contribution in [1.82, 2.24) is 5.48 Å². The molecule has 2 aromatic carbocycles. The first-order valence-electron chi connectivity index (χ1n) is 6.14. The third-order valence-electron chi connectivity index (χ3n) is 2.58. The highest BCUT2D eigenvalue weighted by atomic mass is 79.9. The van der Waals surface area contributed by atoms with Crippen LogP contribution >= 0.6 is 15.9 Å². The predicted octanol–water partition coefficient (Wildman–Crippen LogP) is 3.58. The molecule has 0 spiro atoms. The lowest BCUT2D eigenvalue weighted by atomic mass is 10.2. The molecule has 7 nitrogen and oxygen atoms in total. The first-order chi connectivity index (χ1) is 10.6. The summed E-state index contributed by atoms with van der Waals surface area (Å²) in [5.41, 5.74) is 2.85. The number of nitro benzene ring substituents is 1. The molecule has 0 fully saturated rings. The molecule has 0 aliphatic heterocycles. The fourth-order valence-corrected chi connectivity index (χ4v) is 1.98. The van der Waals surface area contributed by atoms with Crippen molar-refractivity contribution < 1.29 is 19.3 Å². The maximum atomic E-state index is 11.5. The molecule has 0 saturated heterocycles. The molecule has 0 radical (unpaired) electrons. The highest BCUT2D eigenvalue weighted by molar-refractivity contribution is 9.10. The molecule has 0 aliphatic rings. The number of halogens is 1. The topological polar surface area (TPSA) is 90.7 Å². The molecule has 0 aliphatic carbocycles. The number of carbonyl (C=O) groups is 1. The molecule has 114 valence electrons. The van der Waals surface area contributed by atoms with E-state index in [1.807, 2.05) is 30.3 Å². The lowest BCUT2D eigenvalue weighted by Crippen LogP contribution is -2.27. The van der Waals surface area contributed by atoms with Crippen LogP contribution in [0.3, 0.4) is 0 Å². The Bertz CT molecular complexity index is 678. The highest BCUT2D eigenvalue weighted by Gasteiger charge is 2.11. The Balaban J connectivity index is 1.85. The molecular weight excluding hydrogens is 356 g/mol. The molecule has 0 aromatic heterocycles. The van der Waals surface area contributed by atoms with Crippen LogP contribution in [0.1, 0.15) is 5.56 Å². The summed E-state index contributed by atoms with van der Waals surface area (Å²) in [7, 11) is 0. The van der Waals surface area contributed by atoms with Crippen molar-refractivity contribution in [2.75, 3.05) is 0 Å². The Labute approximate surface area is 134 Å². The quantitative estimate of drug-likeness (QED) is 0.644. The summed E-state index contributed by atoms with van der Waals surface area (Å²) in [5.74, 6) is 0.224. The van der Waals surface area contributed by atoms with Gasteiger partial charge in [0.2, 0.25) is 0 Å². The van der Waals surface area contributed by atoms with Crippen molar-refractivity contribution in [2.45, 2.75) is 6.61 Å². The minimum atomic E-state index is -0.769. The van der Waals surface area contributed by atoms with E-state index in [1.165, 1.54) is 18.2 Å². The van der Waals surface area contributed by atoms with Crippen LogP contribution in [-0.4, -0.2) is 11.0 Å². The molecule has 0 saturated carbocycles. The lowest BCUT2D eigenvalue weighted by molar-refractivity contribution is -0.385. The standard InChI is InChI=1S/C14H11BrN2O5/c15-12-8-11(17(19)20)6-7-13(12)22-16-14(18)21-9-10-4-2-1-3-5-10/h1-8H,9H2,(H,16,18). The van der Waals surface area contributed by atoms with Gasteiger partial charge in [0.15, 0.2) is 5.75 Å². The maximum Gasteiger partial charge on any atom is 0.440 e. The minimum absolute atomic E-state index is 0.0918. The van der Waals surface area contributed by atoms with Gasteiger partial charge >= 0.3 is 6.09 Å². The van der Waals surface area contributed by atoms with E-state index in [-0.39, 0.29) is 18.0 Å². The van der Waals surface area contributed by atoms with E-state index in [0.29, 0.717) is 4.47 Å². The monoisotopic (exact) mass is 366 g/mol. The predicted molar refractivity (Wildman–Crippen MR) is 81.2 cm³/mol. The summed E-state index contributed by atoms with van der Waals surface area (Å²) >= 11 is 3.12. The number of hydrogen-bond acceptors (Lipinski definition) is 5. The molecule has 22 heavy (non-hydrogen) atoms. The van der Waals surface area contributed by atoms with Crippen molar-refractivity contribution in [1.29, 1.82) is 0 Å². The number of non-ortho nitro benzene ring substituents is 1. The fourth-order valence-electron chi connectivity index (χ4n) is 1.54. The SMILES string of the molecule is O=C(NOc1ccc([N+](=O)[O-])cc1Br)OCc1ccccc1. The van der Waals surface area contributed by atoms with Gasteiger partial charge in [0.1, 0.15) is 6.61 Å². The summed E-state index contributed by atoms with van der Waals surface area (Å²) in [6.07, 6.45) is -0.769. The number of rotatable bonds is 5. The number of benzene rings is 2.